The van der Waals surface area contributed by atoms with Crippen LogP contribution >= 0.6 is 11.3 Å². The van der Waals surface area contributed by atoms with E-state index < -0.39 is 0 Å². The van der Waals surface area contributed by atoms with Gasteiger partial charge in [0.25, 0.3) is 5.91 Å². The van der Waals surface area contributed by atoms with Crippen molar-refractivity contribution in [3.63, 3.8) is 0 Å². The highest BCUT2D eigenvalue weighted by Crippen LogP contribution is 2.24. The van der Waals surface area contributed by atoms with Gasteiger partial charge >= 0.3 is 0 Å². The molecule has 122 valence electrons. The number of rotatable bonds is 5. The van der Waals surface area contributed by atoms with E-state index in [-0.39, 0.29) is 5.91 Å². The molecule has 0 aliphatic rings. The summed E-state index contributed by atoms with van der Waals surface area (Å²) < 4.78 is 6.37. The Balaban J connectivity index is 1.72. The summed E-state index contributed by atoms with van der Waals surface area (Å²) in [5, 5.41) is 4.48. The van der Waals surface area contributed by atoms with Gasteiger partial charge in [-0.25, -0.2) is 10.4 Å². The average molecular weight is 340 g/mol. The maximum atomic E-state index is 12.2. The normalized spacial score (nSPS) is 11.0. The molecular weight excluding hydrogens is 324 g/mol. The second-order valence-electron chi connectivity index (χ2n) is 4.90. The number of carbonyl (C=O) groups excluding carboxylic acids is 1. The van der Waals surface area contributed by atoms with Crippen LogP contribution < -0.4 is 15.9 Å². The first-order chi connectivity index (χ1) is 11.7. The third kappa shape index (κ3) is 3.52. The molecule has 0 radical (unpaired) electrons. The van der Waals surface area contributed by atoms with Crippen LogP contribution in [0, 0.1) is 0 Å². The lowest BCUT2D eigenvalue weighted by molar-refractivity contribution is 0.0955. The van der Waals surface area contributed by atoms with Gasteiger partial charge in [-0.15, -0.1) is 0 Å². The zero-order valence-corrected chi connectivity index (χ0v) is 13.8. The summed E-state index contributed by atoms with van der Waals surface area (Å²) in [7, 11) is 0. The van der Waals surface area contributed by atoms with Gasteiger partial charge in [0.2, 0.25) is 0 Å². The van der Waals surface area contributed by atoms with E-state index >= 15 is 0 Å². The molecule has 3 aromatic rings. The molecule has 0 aliphatic carbocycles. The van der Waals surface area contributed by atoms with Crippen molar-refractivity contribution in [3.8, 4) is 5.75 Å². The van der Waals surface area contributed by atoms with Crippen molar-refractivity contribution in [2.75, 3.05) is 12.3 Å². The van der Waals surface area contributed by atoms with E-state index in [9.17, 15) is 4.79 Å². The van der Waals surface area contributed by atoms with Gasteiger partial charge in [-0.05, 0) is 37.3 Å². The second-order valence-corrected chi connectivity index (χ2v) is 5.97. The summed E-state index contributed by atoms with van der Waals surface area (Å²) in [6.45, 7) is 2.48. The van der Waals surface area contributed by atoms with Crippen LogP contribution in [-0.2, 0) is 0 Å². The molecule has 0 saturated carbocycles. The molecule has 7 heteroatoms. The molecule has 1 heterocycles. The summed E-state index contributed by atoms with van der Waals surface area (Å²) in [5.74, 6) is 0.425. The van der Waals surface area contributed by atoms with Gasteiger partial charge in [0.15, 0.2) is 5.13 Å². The molecule has 0 aliphatic heterocycles. The number of ether oxygens (including phenoxy) is 1. The molecule has 0 fully saturated rings. The summed E-state index contributed by atoms with van der Waals surface area (Å²) in [5.41, 5.74) is 10.3. The summed E-state index contributed by atoms with van der Waals surface area (Å²) in [6.07, 6.45) is 1.56. The monoisotopic (exact) mass is 340 g/mol. The average Bonchev–Trinajstić information content (AvgIpc) is 2.95. The van der Waals surface area contributed by atoms with Gasteiger partial charge in [-0.1, -0.05) is 23.5 Å². The van der Waals surface area contributed by atoms with E-state index in [1.54, 1.807) is 24.4 Å². The largest absolute Gasteiger partial charge is 0.493 e. The van der Waals surface area contributed by atoms with Crippen LogP contribution in [0.15, 0.2) is 47.6 Å². The molecule has 1 aromatic heterocycles. The van der Waals surface area contributed by atoms with E-state index in [2.05, 4.69) is 15.5 Å². The smallest absolute Gasteiger partial charge is 0.271 e. The van der Waals surface area contributed by atoms with Crippen molar-refractivity contribution in [3.05, 3.63) is 53.6 Å². The van der Waals surface area contributed by atoms with E-state index in [1.165, 1.54) is 11.3 Å². The zero-order chi connectivity index (χ0) is 16.9. The van der Waals surface area contributed by atoms with Crippen molar-refractivity contribution >= 4 is 38.8 Å². The van der Waals surface area contributed by atoms with Crippen LogP contribution in [-0.4, -0.2) is 23.7 Å². The maximum absolute atomic E-state index is 12.2. The topological polar surface area (TPSA) is 89.6 Å². The number of para-hydroxylation sites is 1. The van der Waals surface area contributed by atoms with E-state index in [0.717, 1.165) is 21.5 Å². The SMILES string of the molecule is CCOc1ccccc1/C=N\NC(=O)c1ccc2nc(N)sc2c1. The second kappa shape index (κ2) is 7.10. The first-order valence-corrected chi connectivity index (χ1v) is 8.20. The number of benzene rings is 2. The third-order valence-corrected chi connectivity index (χ3v) is 4.10. The van der Waals surface area contributed by atoms with Crippen LogP contribution in [0.2, 0.25) is 0 Å². The lowest BCUT2D eigenvalue weighted by atomic mass is 10.2. The Hall–Kier alpha value is -2.93. The molecule has 0 spiro atoms. The quantitative estimate of drug-likeness (QED) is 0.552. The van der Waals surface area contributed by atoms with Gasteiger partial charge in [0.05, 0.1) is 23.0 Å². The molecule has 6 nitrogen and oxygen atoms in total. The van der Waals surface area contributed by atoms with Crippen LogP contribution in [0.3, 0.4) is 0 Å². The molecule has 2 aromatic carbocycles. The fourth-order valence-corrected chi connectivity index (χ4v) is 2.96. The number of thiazole rings is 1. The minimum absolute atomic E-state index is 0.297. The minimum Gasteiger partial charge on any atom is -0.493 e. The molecule has 0 atom stereocenters. The lowest BCUT2D eigenvalue weighted by Gasteiger charge is -2.05. The highest BCUT2D eigenvalue weighted by molar-refractivity contribution is 7.22. The predicted molar refractivity (Wildman–Crippen MR) is 96.7 cm³/mol. The van der Waals surface area contributed by atoms with Crippen molar-refractivity contribution in [2.45, 2.75) is 6.92 Å². The number of aromatic nitrogens is 1. The van der Waals surface area contributed by atoms with Crippen molar-refractivity contribution in [1.29, 1.82) is 0 Å². The molecular formula is C17H16N4O2S. The van der Waals surface area contributed by atoms with Crippen LogP contribution in [0.25, 0.3) is 10.2 Å². The molecule has 3 rings (SSSR count). The van der Waals surface area contributed by atoms with Gasteiger partial charge in [-0.2, -0.15) is 5.10 Å². The van der Waals surface area contributed by atoms with Crippen LogP contribution in [0.1, 0.15) is 22.8 Å². The number of nitrogens with one attached hydrogen (secondary N) is 1. The molecule has 0 bridgehead atoms. The van der Waals surface area contributed by atoms with Gasteiger partial charge in [0.1, 0.15) is 5.75 Å². The first kappa shape index (κ1) is 15.9. The van der Waals surface area contributed by atoms with Gasteiger partial charge in [0, 0.05) is 11.1 Å². The molecule has 24 heavy (non-hydrogen) atoms. The number of nitrogens with two attached hydrogens (primary N) is 1. The number of hydrogen-bond donors (Lipinski definition) is 2. The highest BCUT2D eigenvalue weighted by atomic mass is 32.1. The summed E-state index contributed by atoms with van der Waals surface area (Å²) in [6, 6.07) is 12.7. The number of anilines is 1. The molecule has 3 N–H and O–H groups in total. The number of hydrazone groups is 1. The van der Waals surface area contributed by atoms with Gasteiger partial charge in [-0.3, -0.25) is 4.79 Å². The summed E-state index contributed by atoms with van der Waals surface area (Å²) in [4.78, 5) is 16.4. The zero-order valence-electron chi connectivity index (χ0n) is 13.0. The lowest BCUT2D eigenvalue weighted by Crippen LogP contribution is -2.17. The van der Waals surface area contributed by atoms with E-state index in [0.29, 0.717) is 17.3 Å². The fraction of sp³-hybridized carbons (Fsp3) is 0.118. The predicted octanol–water partition coefficient (Wildman–Crippen LogP) is 3.04. The minimum atomic E-state index is -0.297. The highest BCUT2D eigenvalue weighted by Gasteiger charge is 2.08. The number of fused-ring (bicyclic) bond motifs is 1. The number of nitrogens with zero attached hydrogens (tertiary/aromatic N) is 2. The number of carbonyl (C=O) groups is 1. The Bertz CT molecular complexity index is 904. The number of hydrogen-bond acceptors (Lipinski definition) is 6. The van der Waals surface area contributed by atoms with Crippen molar-refractivity contribution < 1.29 is 9.53 Å². The van der Waals surface area contributed by atoms with Crippen molar-refractivity contribution in [1.82, 2.24) is 10.4 Å². The summed E-state index contributed by atoms with van der Waals surface area (Å²) >= 11 is 1.34. The third-order valence-electron chi connectivity index (χ3n) is 3.26. The maximum Gasteiger partial charge on any atom is 0.271 e. The van der Waals surface area contributed by atoms with Gasteiger partial charge < -0.3 is 10.5 Å². The number of nitrogen functional groups attached to an aromatic ring is 1. The van der Waals surface area contributed by atoms with Crippen molar-refractivity contribution in [2.24, 2.45) is 5.10 Å². The van der Waals surface area contributed by atoms with E-state index in [4.69, 9.17) is 10.5 Å². The van der Waals surface area contributed by atoms with E-state index in [1.807, 2.05) is 31.2 Å². The molecule has 0 saturated heterocycles. The Morgan fingerprint density at radius 3 is 3.04 bits per heavy atom. The van der Waals surface area contributed by atoms with Crippen LogP contribution in [0.5, 0.6) is 5.75 Å². The van der Waals surface area contributed by atoms with Crippen LogP contribution in [0.4, 0.5) is 5.13 Å². The standard InChI is InChI=1S/C17H16N4O2S/c1-2-23-14-6-4-3-5-12(14)10-19-21-16(22)11-7-8-13-15(9-11)24-17(18)20-13/h3-10H,2H2,1H3,(H2,18,20)(H,21,22)/b19-10-. The Labute approximate surface area is 143 Å². The Morgan fingerprint density at radius 2 is 2.21 bits per heavy atom. The molecule has 0 unspecified atom stereocenters. The Morgan fingerprint density at radius 1 is 1.38 bits per heavy atom. The number of amides is 1. The first-order valence-electron chi connectivity index (χ1n) is 7.38. The Kier molecular flexibility index (Phi) is 4.72. The fourth-order valence-electron chi connectivity index (χ4n) is 2.18. The molecule has 1 amide bonds.